The molecule has 4 N–H and O–H groups in total. The van der Waals surface area contributed by atoms with Crippen LogP contribution in [0.15, 0.2) is 60.8 Å². The molecule has 0 radical (unpaired) electrons. The van der Waals surface area contributed by atoms with Crippen molar-refractivity contribution in [3.63, 3.8) is 0 Å². The number of aromatic nitrogens is 1. The number of anilines is 2. The summed E-state index contributed by atoms with van der Waals surface area (Å²) in [7, 11) is 0. The number of nitrogens with zero attached hydrogens (tertiary/aromatic N) is 1. The largest absolute Gasteiger partial charge is 0.465 e. The van der Waals surface area contributed by atoms with Crippen molar-refractivity contribution in [2.45, 2.75) is 26.3 Å². The molecular weight excluding hydrogens is 404 g/mol. The van der Waals surface area contributed by atoms with Crippen LogP contribution in [0.25, 0.3) is 11.3 Å². The molecule has 1 aliphatic rings. The molecule has 164 valence electrons. The minimum absolute atomic E-state index is 0.316. The van der Waals surface area contributed by atoms with E-state index in [0.717, 1.165) is 41.4 Å². The smallest absolute Gasteiger partial charge is 0.409 e. The summed E-state index contributed by atoms with van der Waals surface area (Å²) in [4.78, 5) is 28.2. The van der Waals surface area contributed by atoms with E-state index < -0.39 is 6.09 Å². The second-order valence-corrected chi connectivity index (χ2v) is 8.09. The highest BCUT2D eigenvalue weighted by molar-refractivity contribution is 6.07. The van der Waals surface area contributed by atoms with Crippen molar-refractivity contribution in [2.75, 3.05) is 17.2 Å². The molecular formula is C25H26N4O3. The van der Waals surface area contributed by atoms with Crippen molar-refractivity contribution in [2.24, 2.45) is 5.92 Å². The fraction of sp³-hybridized carbons (Fsp3) is 0.240. The number of benzene rings is 2. The molecule has 7 heteroatoms. The number of hydrogen-bond donors (Lipinski definition) is 4. The van der Waals surface area contributed by atoms with Crippen LogP contribution < -0.4 is 16.0 Å². The third kappa shape index (κ3) is 5.50. The van der Waals surface area contributed by atoms with Crippen molar-refractivity contribution in [3.05, 3.63) is 77.5 Å². The van der Waals surface area contributed by atoms with E-state index in [2.05, 4.69) is 27.0 Å². The van der Waals surface area contributed by atoms with Crippen molar-refractivity contribution < 1.29 is 14.7 Å². The van der Waals surface area contributed by atoms with Gasteiger partial charge in [-0.3, -0.25) is 15.1 Å². The number of pyridine rings is 1. The van der Waals surface area contributed by atoms with Gasteiger partial charge in [-0.2, -0.15) is 0 Å². The number of carbonyl (C=O) groups is 2. The summed E-state index contributed by atoms with van der Waals surface area (Å²) in [5.74, 6) is 0.527. The topological polar surface area (TPSA) is 103 Å². The number of nitrogens with one attached hydrogen (secondary N) is 3. The van der Waals surface area contributed by atoms with E-state index in [1.807, 2.05) is 25.3 Å². The Labute approximate surface area is 186 Å². The lowest BCUT2D eigenvalue weighted by Gasteiger charge is -2.12. The Morgan fingerprint density at radius 1 is 1.03 bits per heavy atom. The third-order valence-corrected chi connectivity index (χ3v) is 5.43. The maximum Gasteiger partial charge on any atom is 0.409 e. The van der Waals surface area contributed by atoms with Crippen molar-refractivity contribution >= 4 is 23.4 Å². The molecule has 2 amide bonds. The second-order valence-electron chi connectivity index (χ2n) is 8.09. The highest BCUT2D eigenvalue weighted by Gasteiger charge is 2.20. The molecule has 0 spiro atoms. The van der Waals surface area contributed by atoms with E-state index in [-0.39, 0.29) is 5.91 Å². The second kappa shape index (κ2) is 9.62. The van der Waals surface area contributed by atoms with Crippen LogP contribution in [-0.2, 0) is 6.54 Å². The van der Waals surface area contributed by atoms with Crippen LogP contribution in [0, 0.1) is 12.8 Å². The number of hydrogen-bond acceptors (Lipinski definition) is 4. The number of para-hydroxylation sites is 2. The van der Waals surface area contributed by atoms with Gasteiger partial charge in [0.2, 0.25) is 0 Å². The summed E-state index contributed by atoms with van der Waals surface area (Å²) in [6.45, 7) is 3.93. The zero-order chi connectivity index (χ0) is 22.5. The Kier molecular flexibility index (Phi) is 6.47. The number of carboxylic acid groups (broad SMARTS) is 1. The monoisotopic (exact) mass is 430 g/mol. The van der Waals surface area contributed by atoms with Gasteiger partial charge in [-0.05, 0) is 67.6 Å². The minimum Gasteiger partial charge on any atom is -0.465 e. The summed E-state index contributed by atoms with van der Waals surface area (Å²) in [6.07, 6.45) is 3.38. The van der Waals surface area contributed by atoms with Crippen LogP contribution in [0.2, 0.25) is 0 Å². The van der Waals surface area contributed by atoms with Crippen LogP contribution in [0.5, 0.6) is 0 Å². The van der Waals surface area contributed by atoms with Gasteiger partial charge in [0, 0.05) is 23.9 Å². The Hall–Kier alpha value is -3.71. The number of amides is 2. The minimum atomic E-state index is -1.19. The molecule has 1 aliphatic carbocycles. The molecule has 4 rings (SSSR count). The number of carbonyl (C=O) groups excluding carboxylic acids is 1. The standard InChI is InChI=1S/C25H26N4O3/c1-16-12-18(14-26-13-17-6-7-17)15-27-23(16)19-8-10-20(11-9-19)24(30)28-21-4-2-3-5-22(21)29-25(31)32/h2-5,8-12,15,17,26,29H,6-7,13-14H2,1H3,(H,28,30)(H,31,32). The lowest BCUT2D eigenvalue weighted by molar-refractivity contribution is 0.102. The van der Waals surface area contributed by atoms with Crippen LogP contribution in [0.3, 0.4) is 0 Å². The van der Waals surface area contributed by atoms with E-state index in [1.165, 1.54) is 12.8 Å². The Morgan fingerprint density at radius 3 is 2.34 bits per heavy atom. The number of aryl methyl sites for hydroxylation is 1. The maximum atomic E-state index is 12.7. The summed E-state index contributed by atoms with van der Waals surface area (Å²) in [5, 5.41) is 17.5. The zero-order valence-electron chi connectivity index (χ0n) is 17.9. The third-order valence-electron chi connectivity index (χ3n) is 5.43. The predicted octanol–water partition coefficient (Wildman–Crippen LogP) is 4.90. The Balaban J connectivity index is 1.42. The van der Waals surface area contributed by atoms with Crippen molar-refractivity contribution in [1.29, 1.82) is 0 Å². The average Bonchev–Trinajstić information content (AvgIpc) is 3.59. The predicted molar refractivity (Wildman–Crippen MR) is 125 cm³/mol. The molecule has 1 heterocycles. The Bertz CT molecular complexity index is 1120. The fourth-order valence-electron chi connectivity index (χ4n) is 3.56. The van der Waals surface area contributed by atoms with Gasteiger partial charge in [0.05, 0.1) is 17.1 Å². The van der Waals surface area contributed by atoms with Crippen molar-refractivity contribution in [1.82, 2.24) is 10.3 Å². The van der Waals surface area contributed by atoms with Gasteiger partial charge in [0.15, 0.2) is 0 Å². The van der Waals surface area contributed by atoms with Gasteiger partial charge in [-0.1, -0.05) is 30.3 Å². The van der Waals surface area contributed by atoms with Gasteiger partial charge in [0.25, 0.3) is 5.91 Å². The first-order chi connectivity index (χ1) is 15.5. The molecule has 1 saturated carbocycles. The van der Waals surface area contributed by atoms with Gasteiger partial charge >= 0.3 is 6.09 Å². The highest BCUT2D eigenvalue weighted by Crippen LogP contribution is 2.28. The molecule has 32 heavy (non-hydrogen) atoms. The molecule has 1 fully saturated rings. The van der Waals surface area contributed by atoms with Gasteiger partial charge in [-0.25, -0.2) is 4.79 Å². The molecule has 1 aromatic heterocycles. The van der Waals surface area contributed by atoms with Crippen LogP contribution in [0.4, 0.5) is 16.2 Å². The highest BCUT2D eigenvalue weighted by atomic mass is 16.4. The van der Waals surface area contributed by atoms with E-state index in [9.17, 15) is 9.59 Å². The van der Waals surface area contributed by atoms with Gasteiger partial charge in [0.1, 0.15) is 0 Å². The van der Waals surface area contributed by atoms with Gasteiger partial charge in [-0.15, -0.1) is 0 Å². The first-order valence-electron chi connectivity index (χ1n) is 10.7. The summed E-state index contributed by atoms with van der Waals surface area (Å²) in [6, 6.07) is 16.0. The molecule has 0 saturated heterocycles. The van der Waals surface area contributed by atoms with E-state index in [1.54, 1.807) is 36.4 Å². The normalized spacial score (nSPS) is 12.9. The van der Waals surface area contributed by atoms with Crippen LogP contribution >= 0.6 is 0 Å². The Morgan fingerprint density at radius 2 is 1.72 bits per heavy atom. The molecule has 0 unspecified atom stereocenters. The molecule has 2 aromatic carbocycles. The lowest BCUT2D eigenvalue weighted by Crippen LogP contribution is -2.16. The molecule has 7 nitrogen and oxygen atoms in total. The molecule has 3 aromatic rings. The molecule has 0 bridgehead atoms. The number of rotatable bonds is 8. The average molecular weight is 431 g/mol. The maximum absolute atomic E-state index is 12.7. The van der Waals surface area contributed by atoms with Crippen LogP contribution in [-0.4, -0.2) is 28.6 Å². The fourth-order valence-corrected chi connectivity index (χ4v) is 3.56. The first-order valence-corrected chi connectivity index (χ1v) is 10.7. The van der Waals surface area contributed by atoms with E-state index in [4.69, 9.17) is 5.11 Å². The van der Waals surface area contributed by atoms with E-state index in [0.29, 0.717) is 16.9 Å². The van der Waals surface area contributed by atoms with Crippen LogP contribution in [0.1, 0.15) is 34.3 Å². The summed E-state index contributed by atoms with van der Waals surface area (Å²) >= 11 is 0. The summed E-state index contributed by atoms with van der Waals surface area (Å²) in [5.41, 5.74) is 5.25. The molecule has 0 aliphatic heterocycles. The molecule has 0 atom stereocenters. The first kappa shape index (κ1) is 21.5. The zero-order valence-corrected chi connectivity index (χ0v) is 17.9. The SMILES string of the molecule is Cc1cc(CNCC2CC2)cnc1-c1ccc(C(=O)Nc2ccccc2NC(=O)O)cc1. The lowest BCUT2D eigenvalue weighted by atomic mass is 10.0. The van der Waals surface area contributed by atoms with Gasteiger partial charge < -0.3 is 15.7 Å². The van der Waals surface area contributed by atoms with Crippen molar-refractivity contribution in [3.8, 4) is 11.3 Å². The summed E-state index contributed by atoms with van der Waals surface area (Å²) < 4.78 is 0. The van der Waals surface area contributed by atoms with E-state index >= 15 is 0 Å². The quantitative estimate of drug-likeness (QED) is 0.407.